The first-order valence-corrected chi connectivity index (χ1v) is 10.9. The molecule has 2 aliphatic rings. The summed E-state index contributed by atoms with van der Waals surface area (Å²) in [6.07, 6.45) is 2.43. The van der Waals surface area contributed by atoms with E-state index in [1.165, 1.54) is 18.4 Å². The number of piperazine rings is 1. The zero-order valence-corrected chi connectivity index (χ0v) is 17.5. The molecule has 2 saturated heterocycles. The van der Waals surface area contributed by atoms with Gasteiger partial charge in [-0.05, 0) is 55.3 Å². The van der Waals surface area contributed by atoms with Crippen LogP contribution in [0.1, 0.15) is 35.1 Å². The summed E-state index contributed by atoms with van der Waals surface area (Å²) in [5.74, 6) is 0. The van der Waals surface area contributed by atoms with E-state index in [9.17, 15) is 5.26 Å². The van der Waals surface area contributed by atoms with Crippen molar-refractivity contribution < 1.29 is 0 Å². The van der Waals surface area contributed by atoms with E-state index in [-0.39, 0.29) is 0 Å². The molecule has 0 unspecified atom stereocenters. The smallest absolute Gasteiger partial charge is 0.0995 e. The van der Waals surface area contributed by atoms with Crippen LogP contribution < -0.4 is 0 Å². The van der Waals surface area contributed by atoms with Crippen molar-refractivity contribution in [1.29, 1.82) is 10.5 Å². The van der Waals surface area contributed by atoms with Crippen LogP contribution in [0.15, 0.2) is 48.5 Å². The van der Waals surface area contributed by atoms with Crippen LogP contribution in [0.5, 0.6) is 0 Å². The van der Waals surface area contributed by atoms with E-state index in [0.29, 0.717) is 6.04 Å². The lowest BCUT2D eigenvalue weighted by Crippen LogP contribution is -2.52. The van der Waals surface area contributed by atoms with Crippen molar-refractivity contribution in [2.24, 2.45) is 0 Å². The van der Waals surface area contributed by atoms with Gasteiger partial charge < -0.3 is 0 Å². The highest BCUT2D eigenvalue weighted by Gasteiger charge is 2.27. The molecule has 2 aromatic carbocycles. The van der Waals surface area contributed by atoms with E-state index in [2.05, 4.69) is 39.0 Å². The highest BCUT2D eigenvalue weighted by atomic mass is 15.3. The first kappa shape index (κ1) is 20.6. The molecule has 2 aromatic rings. The Morgan fingerprint density at radius 2 is 1.50 bits per heavy atom. The van der Waals surface area contributed by atoms with Crippen LogP contribution in [-0.4, -0.2) is 60.0 Å². The number of rotatable bonds is 5. The molecule has 0 atom stereocenters. The molecule has 5 heteroatoms. The molecule has 0 amide bonds. The lowest BCUT2D eigenvalue weighted by atomic mass is 10.0. The van der Waals surface area contributed by atoms with Gasteiger partial charge in [0, 0.05) is 45.3 Å². The molecule has 2 fully saturated rings. The lowest BCUT2D eigenvalue weighted by molar-refractivity contribution is 0.0550. The number of benzene rings is 2. The molecule has 0 aromatic heterocycles. The molecule has 2 aliphatic heterocycles. The summed E-state index contributed by atoms with van der Waals surface area (Å²) in [4.78, 5) is 7.66. The molecule has 0 spiro atoms. The molecule has 0 N–H and O–H groups in total. The third-order valence-corrected chi connectivity index (χ3v) is 6.47. The minimum absolute atomic E-state index is 0.681. The SMILES string of the molecule is N#Cc1cccc(CN2CCC(N3CCN(Cc4ccccc4C#N)CC3)CC2)c1. The quantitative estimate of drug-likeness (QED) is 0.773. The third kappa shape index (κ3) is 5.07. The van der Waals surface area contributed by atoms with Crippen LogP contribution in [0, 0.1) is 22.7 Å². The Labute approximate surface area is 179 Å². The van der Waals surface area contributed by atoms with Gasteiger partial charge in [-0.2, -0.15) is 10.5 Å². The molecule has 0 saturated carbocycles. The number of likely N-dealkylation sites (tertiary alicyclic amines) is 1. The van der Waals surface area contributed by atoms with Crippen molar-refractivity contribution in [1.82, 2.24) is 14.7 Å². The number of nitriles is 2. The number of hydrogen-bond donors (Lipinski definition) is 0. The Morgan fingerprint density at radius 1 is 0.767 bits per heavy atom. The Kier molecular flexibility index (Phi) is 6.77. The van der Waals surface area contributed by atoms with Gasteiger partial charge in [0.2, 0.25) is 0 Å². The first-order chi connectivity index (χ1) is 14.7. The Balaban J connectivity index is 1.23. The number of piperidine rings is 1. The monoisotopic (exact) mass is 399 g/mol. The van der Waals surface area contributed by atoms with E-state index in [4.69, 9.17) is 5.26 Å². The summed E-state index contributed by atoms with van der Waals surface area (Å²) >= 11 is 0. The van der Waals surface area contributed by atoms with E-state index in [1.54, 1.807) is 0 Å². The van der Waals surface area contributed by atoms with Crippen LogP contribution in [0.25, 0.3) is 0 Å². The summed E-state index contributed by atoms with van der Waals surface area (Å²) in [7, 11) is 0. The average molecular weight is 400 g/mol. The van der Waals surface area contributed by atoms with E-state index in [1.807, 2.05) is 36.4 Å². The fourth-order valence-electron chi connectivity index (χ4n) is 4.73. The van der Waals surface area contributed by atoms with Crippen LogP contribution in [0.3, 0.4) is 0 Å². The third-order valence-electron chi connectivity index (χ3n) is 6.47. The molecule has 5 nitrogen and oxygen atoms in total. The second kappa shape index (κ2) is 9.87. The van der Waals surface area contributed by atoms with Gasteiger partial charge in [-0.25, -0.2) is 0 Å². The minimum atomic E-state index is 0.681. The topological polar surface area (TPSA) is 57.3 Å². The van der Waals surface area contributed by atoms with Crippen molar-refractivity contribution in [3.05, 3.63) is 70.8 Å². The molecule has 4 rings (SSSR count). The molecule has 30 heavy (non-hydrogen) atoms. The normalized spacial score (nSPS) is 19.3. The zero-order valence-electron chi connectivity index (χ0n) is 17.5. The highest BCUT2D eigenvalue weighted by molar-refractivity contribution is 5.37. The van der Waals surface area contributed by atoms with Crippen molar-refractivity contribution in [3.8, 4) is 12.1 Å². The molecule has 0 aliphatic carbocycles. The van der Waals surface area contributed by atoms with Crippen LogP contribution in [0.4, 0.5) is 0 Å². The van der Waals surface area contributed by atoms with Crippen molar-refractivity contribution in [2.45, 2.75) is 32.0 Å². The summed E-state index contributed by atoms with van der Waals surface area (Å²) in [6.45, 7) is 8.43. The summed E-state index contributed by atoms with van der Waals surface area (Å²) in [5, 5.41) is 18.4. The van der Waals surface area contributed by atoms with Crippen LogP contribution in [0.2, 0.25) is 0 Å². The Morgan fingerprint density at radius 3 is 2.23 bits per heavy atom. The maximum Gasteiger partial charge on any atom is 0.0995 e. The van der Waals surface area contributed by atoms with Crippen LogP contribution >= 0.6 is 0 Å². The van der Waals surface area contributed by atoms with Crippen molar-refractivity contribution in [3.63, 3.8) is 0 Å². The minimum Gasteiger partial charge on any atom is -0.299 e. The summed E-state index contributed by atoms with van der Waals surface area (Å²) < 4.78 is 0. The van der Waals surface area contributed by atoms with Crippen molar-refractivity contribution >= 4 is 0 Å². The highest BCUT2D eigenvalue weighted by Crippen LogP contribution is 2.21. The van der Waals surface area contributed by atoms with Crippen LogP contribution in [-0.2, 0) is 13.1 Å². The van der Waals surface area contributed by atoms with Gasteiger partial charge in [-0.1, -0.05) is 30.3 Å². The molecule has 2 heterocycles. The predicted molar refractivity (Wildman–Crippen MR) is 117 cm³/mol. The van der Waals surface area contributed by atoms with Gasteiger partial charge in [0.15, 0.2) is 0 Å². The summed E-state index contributed by atoms with van der Waals surface area (Å²) in [5.41, 5.74) is 3.92. The van der Waals surface area contributed by atoms with E-state index >= 15 is 0 Å². The molecule has 0 bridgehead atoms. The predicted octanol–water partition coefficient (Wildman–Crippen LogP) is 3.21. The molecular weight excluding hydrogens is 370 g/mol. The van der Waals surface area contributed by atoms with E-state index in [0.717, 1.165) is 69.0 Å². The number of nitrogens with zero attached hydrogens (tertiary/aromatic N) is 5. The number of hydrogen-bond acceptors (Lipinski definition) is 5. The average Bonchev–Trinajstić information content (AvgIpc) is 2.81. The van der Waals surface area contributed by atoms with Gasteiger partial charge in [-0.15, -0.1) is 0 Å². The maximum atomic E-state index is 9.31. The molecule has 0 radical (unpaired) electrons. The van der Waals surface area contributed by atoms with Gasteiger partial charge in [0.05, 0.1) is 23.3 Å². The second-order valence-electron chi connectivity index (χ2n) is 8.40. The van der Waals surface area contributed by atoms with Gasteiger partial charge in [-0.3, -0.25) is 14.7 Å². The summed E-state index contributed by atoms with van der Waals surface area (Å²) in [6, 6.07) is 21.2. The molecular formula is C25H29N5. The maximum absolute atomic E-state index is 9.31. The fraction of sp³-hybridized carbons (Fsp3) is 0.440. The zero-order chi connectivity index (χ0) is 20.8. The van der Waals surface area contributed by atoms with Gasteiger partial charge in [0.1, 0.15) is 0 Å². The van der Waals surface area contributed by atoms with Crippen molar-refractivity contribution in [2.75, 3.05) is 39.3 Å². The Hall–Kier alpha value is -2.70. The largest absolute Gasteiger partial charge is 0.299 e. The second-order valence-corrected chi connectivity index (χ2v) is 8.40. The lowest BCUT2D eigenvalue weighted by Gasteiger charge is -2.43. The Bertz CT molecular complexity index is 925. The first-order valence-electron chi connectivity index (χ1n) is 10.9. The fourth-order valence-corrected chi connectivity index (χ4v) is 4.73. The molecule has 154 valence electrons. The van der Waals surface area contributed by atoms with Gasteiger partial charge >= 0.3 is 0 Å². The van der Waals surface area contributed by atoms with Gasteiger partial charge in [0.25, 0.3) is 0 Å². The van der Waals surface area contributed by atoms with E-state index < -0.39 is 0 Å². The standard InChI is InChI=1S/C25H29N5/c26-17-21-4-3-5-22(16-21)19-28-10-8-25(9-11-28)30-14-12-29(13-15-30)20-24-7-2-1-6-23(24)18-27/h1-7,16,25H,8-15,19-20H2.